The summed E-state index contributed by atoms with van der Waals surface area (Å²) in [4.78, 5) is 15.0. The Bertz CT molecular complexity index is 988. The predicted molar refractivity (Wildman–Crippen MR) is 75.7 cm³/mol. The van der Waals surface area contributed by atoms with Crippen LogP contribution in [0.4, 0.5) is 5.69 Å². The fourth-order valence-corrected chi connectivity index (χ4v) is 2.55. The topological polar surface area (TPSA) is 69.2 Å². The highest BCUT2D eigenvalue weighted by molar-refractivity contribution is 6.16. The van der Waals surface area contributed by atoms with Gasteiger partial charge in [0.15, 0.2) is 5.52 Å². The highest BCUT2D eigenvalue weighted by atomic mass is 16.6. The highest BCUT2D eigenvalue weighted by Gasteiger charge is 2.19. The van der Waals surface area contributed by atoms with Crippen molar-refractivity contribution >= 4 is 38.5 Å². The second-order valence-corrected chi connectivity index (χ2v) is 4.53. The fraction of sp³-hybridized carbons (Fsp3) is 0. The van der Waals surface area contributed by atoms with Crippen molar-refractivity contribution in [2.75, 3.05) is 0 Å². The number of nitro groups is 1. The number of nitrogens with zero attached hydrogens (tertiary/aromatic N) is 2. The van der Waals surface area contributed by atoms with Crippen LogP contribution in [-0.4, -0.2) is 9.91 Å². The van der Waals surface area contributed by atoms with Crippen LogP contribution in [0.15, 0.2) is 53.1 Å². The molecule has 5 heteroatoms. The van der Waals surface area contributed by atoms with Crippen molar-refractivity contribution in [3.8, 4) is 0 Å². The molecule has 0 amide bonds. The quantitative estimate of drug-likeness (QED) is 0.384. The van der Waals surface area contributed by atoms with Crippen LogP contribution >= 0.6 is 0 Å². The SMILES string of the molecule is O=[N+]([O-])c1cc2c3ccccc3oc2c2cccnc12. The number of hydrogen-bond donors (Lipinski definition) is 0. The van der Waals surface area contributed by atoms with Crippen LogP contribution in [-0.2, 0) is 0 Å². The van der Waals surface area contributed by atoms with E-state index in [1.54, 1.807) is 18.3 Å². The Morgan fingerprint density at radius 2 is 1.85 bits per heavy atom. The Hall–Kier alpha value is -2.95. The lowest BCUT2D eigenvalue weighted by atomic mass is 10.1. The number of para-hydroxylation sites is 1. The molecule has 0 saturated carbocycles. The maximum atomic E-state index is 11.3. The van der Waals surface area contributed by atoms with E-state index >= 15 is 0 Å². The average molecular weight is 264 g/mol. The maximum absolute atomic E-state index is 11.3. The van der Waals surface area contributed by atoms with Crippen molar-refractivity contribution in [1.29, 1.82) is 0 Å². The van der Waals surface area contributed by atoms with E-state index in [0.29, 0.717) is 22.1 Å². The van der Waals surface area contributed by atoms with Gasteiger partial charge < -0.3 is 4.42 Å². The first-order chi connectivity index (χ1) is 9.75. The number of fused-ring (bicyclic) bond motifs is 5. The molecule has 0 atom stereocenters. The summed E-state index contributed by atoms with van der Waals surface area (Å²) in [6.07, 6.45) is 1.55. The van der Waals surface area contributed by atoms with E-state index in [2.05, 4.69) is 4.98 Å². The third-order valence-electron chi connectivity index (χ3n) is 3.41. The molecule has 4 rings (SSSR count). The van der Waals surface area contributed by atoms with Gasteiger partial charge in [-0.3, -0.25) is 10.1 Å². The molecule has 0 bridgehead atoms. The number of aromatic nitrogens is 1. The summed E-state index contributed by atoms with van der Waals surface area (Å²) in [5, 5.41) is 13.5. The molecule has 2 aromatic carbocycles. The molecular formula is C15H8N2O3. The highest BCUT2D eigenvalue weighted by Crippen LogP contribution is 2.37. The largest absolute Gasteiger partial charge is 0.455 e. The zero-order valence-corrected chi connectivity index (χ0v) is 10.2. The number of pyridine rings is 1. The van der Waals surface area contributed by atoms with Crippen LogP contribution in [0, 0.1) is 10.1 Å². The lowest BCUT2D eigenvalue weighted by Gasteiger charge is -1.99. The summed E-state index contributed by atoms with van der Waals surface area (Å²) < 4.78 is 5.84. The molecule has 0 radical (unpaired) electrons. The lowest BCUT2D eigenvalue weighted by Crippen LogP contribution is -1.91. The number of rotatable bonds is 1. The fourth-order valence-electron chi connectivity index (χ4n) is 2.55. The van der Waals surface area contributed by atoms with E-state index in [1.165, 1.54) is 6.07 Å². The van der Waals surface area contributed by atoms with E-state index in [-0.39, 0.29) is 5.69 Å². The molecule has 0 aliphatic rings. The number of furan rings is 1. The van der Waals surface area contributed by atoms with Crippen molar-refractivity contribution in [1.82, 2.24) is 4.98 Å². The summed E-state index contributed by atoms with van der Waals surface area (Å²) >= 11 is 0. The van der Waals surface area contributed by atoms with Gasteiger partial charge in [-0.1, -0.05) is 18.2 Å². The zero-order chi connectivity index (χ0) is 13.7. The van der Waals surface area contributed by atoms with E-state index < -0.39 is 4.92 Å². The minimum atomic E-state index is -0.406. The molecule has 4 aromatic rings. The Kier molecular flexibility index (Phi) is 2.06. The van der Waals surface area contributed by atoms with Gasteiger partial charge in [0.1, 0.15) is 11.2 Å². The summed E-state index contributed by atoms with van der Waals surface area (Å²) in [6, 6.07) is 12.6. The third kappa shape index (κ3) is 1.34. The molecule has 2 aromatic heterocycles. The van der Waals surface area contributed by atoms with E-state index in [4.69, 9.17) is 4.42 Å². The van der Waals surface area contributed by atoms with Crippen molar-refractivity contribution in [2.45, 2.75) is 0 Å². The lowest BCUT2D eigenvalue weighted by molar-refractivity contribution is -0.383. The van der Waals surface area contributed by atoms with Gasteiger partial charge in [-0.25, -0.2) is 4.98 Å². The van der Waals surface area contributed by atoms with E-state index in [0.717, 1.165) is 10.8 Å². The molecule has 0 saturated heterocycles. The predicted octanol–water partition coefficient (Wildman–Crippen LogP) is 4.04. The normalized spacial score (nSPS) is 11.4. The van der Waals surface area contributed by atoms with Crippen LogP contribution in [0.5, 0.6) is 0 Å². The van der Waals surface area contributed by atoms with Crippen LogP contribution < -0.4 is 0 Å². The molecule has 96 valence electrons. The van der Waals surface area contributed by atoms with E-state index in [1.807, 2.05) is 24.3 Å². The standard InChI is InChI=1S/C15H8N2O3/c18-17(19)12-8-11-9-4-1-2-6-13(9)20-15(11)10-5-3-7-16-14(10)12/h1-8H. The van der Waals surface area contributed by atoms with Crippen molar-refractivity contribution in [2.24, 2.45) is 0 Å². The van der Waals surface area contributed by atoms with Crippen molar-refractivity contribution < 1.29 is 9.34 Å². The summed E-state index contributed by atoms with van der Waals surface area (Å²) in [7, 11) is 0. The molecule has 0 aliphatic carbocycles. The molecule has 0 unspecified atom stereocenters. The second-order valence-electron chi connectivity index (χ2n) is 4.53. The monoisotopic (exact) mass is 264 g/mol. The van der Waals surface area contributed by atoms with Crippen molar-refractivity contribution in [3.63, 3.8) is 0 Å². The van der Waals surface area contributed by atoms with Crippen LogP contribution in [0.2, 0.25) is 0 Å². The molecule has 20 heavy (non-hydrogen) atoms. The second kappa shape index (κ2) is 3.77. The molecular weight excluding hydrogens is 256 g/mol. The minimum Gasteiger partial charge on any atom is -0.455 e. The Labute approximate surface area is 112 Å². The van der Waals surface area contributed by atoms with Crippen molar-refractivity contribution in [3.05, 3.63) is 58.8 Å². The molecule has 0 aliphatic heterocycles. The van der Waals surface area contributed by atoms with Gasteiger partial charge in [0.05, 0.1) is 10.3 Å². The Balaban J connectivity index is 2.33. The van der Waals surface area contributed by atoms with Crippen LogP contribution in [0.3, 0.4) is 0 Å². The van der Waals surface area contributed by atoms with Gasteiger partial charge in [0, 0.05) is 23.0 Å². The van der Waals surface area contributed by atoms with Gasteiger partial charge in [-0.2, -0.15) is 0 Å². The number of non-ortho nitro benzene ring substituents is 1. The van der Waals surface area contributed by atoms with Gasteiger partial charge in [0.25, 0.3) is 5.69 Å². The van der Waals surface area contributed by atoms with Gasteiger partial charge in [0.2, 0.25) is 0 Å². The molecule has 0 fully saturated rings. The summed E-state index contributed by atoms with van der Waals surface area (Å²) in [5.41, 5.74) is 1.71. The molecule has 2 heterocycles. The molecule has 0 spiro atoms. The van der Waals surface area contributed by atoms with Gasteiger partial charge >= 0.3 is 0 Å². The van der Waals surface area contributed by atoms with Crippen LogP contribution in [0.25, 0.3) is 32.8 Å². The number of nitro benzene ring substituents is 1. The van der Waals surface area contributed by atoms with Gasteiger partial charge in [-0.15, -0.1) is 0 Å². The summed E-state index contributed by atoms with van der Waals surface area (Å²) in [6.45, 7) is 0. The Morgan fingerprint density at radius 1 is 1.05 bits per heavy atom. The minimum absolute atomic E-state index is 0.000321. The zero-order valence-electron chi connectivity index (χ0n) is 10.2. The first-order valence-electron chi connectivity index (χ1n) is 6.09. The summed E-state index contributed by atoms with van der Waals surface area (Å²) in [5.74, 6) is 0. The first kappa shape index (κ1) is 10.9. The maximum Gasteiger partial charge on any atom is 0.296 e. The van der Waals surface area contributed by atoms with Gasteiger partial charge in [-0.05, 0) is 18.2 Å². The number of hydrogen-bond acceptors (Lipinski definition) is 4. The molecule has 0 N–H and O–H groups in total. The average Bonchev–Trinajstić information content (AvgIpc) is 2.85. The first-order valence-corrected chi connectivity index (χ1v) is 6.09. The number of benzene rings is 2. The van der Waals surface area contributed by atoms with E-state index in [9.17, 15) is 10.1 Å². The molecule has 5 nitrogen and oxygen atoms in total. The smallest absolute Gasteiger partial charge is 0.296 e. The Morgan fingerprint density at radius 3 is 2.70 bits per heavy atom. The van der Waals surface area contributed by atoms with Crippen LogP contribution in [0.1, 0.15) is 0 Å². The third-order valence-corrected chi connectivity index (χ3v) is 3.41.